The molecule has 0 aromatic rings. The van der Waals surface area contributed by atoms with Crippen LogP contribution in [0.3, 0.4) is 0 Å². The van der Waals surface area contributed by atoms with Crippen LogP contribution in [0.5, 0.6) is 0 Å². The van der Waals surface area contributed by atoms with E-state index < -0.39 is 10.0 Å². The zero-order chi connectivity index (χ0) is 10.6. The van der Waals surface area contributed by atoms with E-state index in [1.54, 1.807) is 0 Å². The Balaban J connectivity index is 0.00000196. The number of piperidine rings is 1. The van der Waals surface area contributed by atoms with Gasteiger partial charge in [-0.15, -0.1) is 12.4 Å². The van der Waals surface area contributed by atoms with Gasteiger partial charge in [0, 0.05) is 12.6 Å². The number of hydrogen-bond acceptors (Lipinski definition) is 3. The minimum Gasteiger partial charge on any atom is -0.315 e. The molecule has 0 radical (unpaired) electrons. The van der Waals surface area contributed by atoms with Gasteiger partial charge < -0.3 is 5.32 Å². The molecule has 1 heterocycles. The van der Waals surface area contributed by atoms with Gasteiger partial charge in [-0.05, 0) is 25.3 Å². The molecule has 2 unspecified atom stereocenters. The second-order valence-corrected chi connectivity index (χ2v) is 5.89. The average Bonchev–Trinajstić information content (AvgIpc) is 2.08. The average molecular weight is 257 g/mol. The minimum atomic E-state index is -3.05. The maximum absolute atomic E-state index is 11.5. The van der Waals surface area contributed by atoms with Crippen molar-refractivity contribution in [3.63, 3.8) is 0 Å². The van der Waals surface area contributed by atoms with E-state index in [1.807, 2.05) is 6.92 Å². The molecule has 1 aliphatic heterocycles. The molecule has 0 saturated carbocycles. The molecule has 15 heavy (non-hydrogen) atoms. The molecular formula is C9H21ClN2O2S. The number of sulfonamides is 1. The molecule has 2 N–H and O–H groups in total. The monoisotopic (exact) mass is 256 g/mol. The van der Waals surface area contributed by atoms with Crippen molar-refractivity contribution < 1.29 is 8.42 Å². The third-order valence-corrected chi connectivity index (χ3v) is 4.24. The third kappa shape index (κ3) is 5.15. The number of nitrogens with one attached hydrogen (secondary N) is 2. The van der Waals surface area contributed by atoms with Gasteiger partial charge in [0.2, 0.25) is 10.0 Å². The molecular weight excluding hydrogens is 236 g/mol. The van der Waals surface area contributed by atoms with Gasteiger partial charge in [0.05, 0.1) is 5.75 Å². The second kappa shape index (κ2) is 6.68. The fraction of sp³-hybridized carbons (Fsp3) is 1.00. The van der Waals surface area contributed by atoms with Crippen molar-refractivity contribution in [1.29, 1.82) is 0 Å². The molecule has 6 heteroatoms. The minimum absolute atomic E-state index is 0. The van der Waals surface area contributed by atoms with Crippen LogP contribution in [0.2, 0.25) is 0 Å². The Morgan fingerprint density at radius 3 is 2.67 bits per heavy atom. The van der Waals surface area contributed by atoms with Gasteiger partial charge in [0.15, 0.2) is 0 Å². The fourth-order valence-corrected chi connectivity index (χ4v) is 3.14. The normalized spacial score (nSPS) is 27.1. The quantitative estimate of drug-likeness (QED) is 0.780. The summed E-state index contributed by atoms with van der Waals surface area (Å²) >= 11 is 0. The molecule has 4 nitrogen and oxygen atoms in total. The van der Waals surface area contributed by atoms with Crippen LogP contribution in [0.25, 0.3) is 0 Å². The van der Waals surface area contributed by atoms with E-state index in [9.17, 15) is 8.42 Å². The van der Waals surface area contributed by atoms with E-state index in [2.05, 4.69) is 17.0 Å². The molecule has 0 spiro atoms. The van der Waals surface area contributed by atoms with Gasteiger partial charge in [-0.3, -0.25) is 0 Å². The summed E-state index contributed by atoms with van der Waals surface area (Å²) in [6.45, 7) is 5.72. The number of rotatable bonds is 4. The second-order valence-electron chi connectivity index (χ2n) is 4.01. The first-order chi connectivity index (χ1) is 6.55. The highest BCUT2D eigenvalue weighted by molar-refractivity contribution is 7.89. The van der Waals surface area contributed by atoms with Crippen LogP contribution in [-0.4, -0.2) is 33.3 Å². The number of halogens is 1. The highest BCUT2D eigenvalue weighted by atomic mass is 35.5. The molecule has 0 aromatic carbocycles. The van der Waals surface area contributed by atoms with Crippen LogP contribution in [0, 0.1) is 5.92 Å². The van der Waals surface area contributed by atoms with E-state index in [4.69, 9.17) is 0 Å². The molecule has 2 atom stereocenters. The van der Waals surface area contributed by atoms with Crippen molar-refractivity contribution in [2.45, 2.75) is 32.7 Å². The van der Waals surface area contributed by atoms with Gasteiger partial charge in [-0.1, -0.05) is 13.8 Å². The van der Waals surface area contributed by atoms with E-state index in [0.717, 1.165) is 19.5 Å². The van der Waals surface area contributed by atoms with Crippen LogP contribution in [0.1, 0.15) is 26.7 Å². The lowest BCUT2D eigenvalue weighted by atomic mass is 9.96. The van der Waals surface area contributed by atoms with Crippen molar-refractivity contribution in [2.75, 3.05) is 18.8 Å². The maximum atomic E-state index is 11.5. The zero-order valence-electron chi connectivity index (χ0n) is 9.32. The summed E-state index contributed by atoms with van der Waals surface area (Å²) in [5.74, 6) is 0.666. The van der Waals surface area contributed by atoms with E-state index in [-0.39, 0.29) is 24.2 Å². The largest absolute Gasteiger partial charge is 0.315 e. The Labute approximate surface area is 98.7 Å². The summed E-state index contributed by atoms with van der Waals surface area (Å²) in [5, 5.41) is 3.20. The van der Waals surface area contributed by atoms with Crippen LogP contribution < -0.4 is 10.0 Å². The zero-order valence-corrected chi connectivity index (χ0v) is 11.0. The summed E-state index contributed by atoms with van der Waals surface area (Å²) in [6.07, 6.45) is 1.71. The predicted molar refractivity (Wildman–Crippen MR) is 64.9 cm³/mol. The first-order valence-corrected chi connectivity index (χ1v) is 6.91. The Bertz CT molecular complexity index is 269. The van der Waals surface area contributed by atoms with E-state index in [1.165, 1.54) is 0 Å². The van der Waals surface area contributed by atoms with Crippen LogP contribution in [-0.2, 0) is 10.0 Å². The lowest BCUT2D eigenvalue weighted by Crippen LogP contribution is -2.50. The van der Waals surface area contributed by atoms with Gasteiger partial charge in [0.25, 0.3) is 0 Å². The van der Waals surface area contributed by atoms with Crippen molar-refractivity contribution in [1.82, 2.24) is 10.0 Å². The van der Waals surface area contributed by atoms with Crippen LogP contribution >= 0.6 is 12.4 Å². The predicted octanol–water partition coefficient (Wildman–Crippen LogP) is 0.736. The lowest BCUT2D eigenvalue weighted by molar-refractivity contribution is 0.327. The first-order valence-electron chi connectivity index (χ1n) is 5.26. The number of hydrogen-bond donors (Lipinski definition) is 2. The molecule has 1 fully saturated rings. The van der Waals surface area contributed by atoms with Crippen molar-refractivity contribution in [3.05, 3.63) is 0 Å². The SMILES string of the molecule is CCCS(=O)(=O)NC1CNCCC1C.Cl. The van der Waals surface area contributed by atoms with Crippen molar-refractivity contribution in [2.24, 2.45) is 5.92 Å². The van der Waals surface area contributed by atoms with Crippen LogP contribution in [0.4, 0.5) is 0 Å². The first kappa shape index (κ1) is 15.2. The van der Waals surface area contributed by atoms with Gasteiger partial charge >= 0.3 is 0 Å². The Morgan fingerprint density at radius 2 is 2.13 bits per heavy atom. The van der Waals surface area contributed by atoms with Gasteiger partial charge in [0.1, 0.15) is 0 Å². The molecule has 92 valence electrons. The Hall–Kier alpha value is 0.160. The Morgan fingerprint density at radius 1 is 1.47 bits per heavy atom. The van der Waals surface area contributed by atoms with Crippen LogP contribution in [0.15, 0.2) is 0 Å². The fourth-order valence-electron chi connectivity index (χ4n) is 1.71. The third-order valence-electron chi connectivity index (χ3n) is 2.63. The molecule has 1 rings (SSSR count). The molecule has 0 bridgehead atoms. The van der Waals surface area contributed by atoms with Gasteiger partial charge in [-0.2, -0.15) is 0 Å². The molecule has 0 amide bonds. The van der Waals surface area contributed by atoms with Crippen molar-refractivity contribution in [3.8, 4) is 0 Å². The van der Waals surface area contributed by atoms with E-state index >= 15 is 0 Å². The summed E-state index contributed by atoms with van der Waals surface area (Å²) in [5.41, 5.74) is 0. The highest BCUT2D eigenvalue weighted by Gasteiger charge is 2.24. The topological polar surface area (TPSA) is 58.2 Å². The summed E-state index contributed by atoms with van der Waals surface area (Å²) in [6, 6.07) is 0.0697. The summed E-state index contributed by atoms with van der Waals surface area (Å²) in [7, 11) is -3.05. The van der Waals surface area contributed by atoms with Gasteiger partial charge in [-0.25, -0.2) is 13.1 Å². The summed E-state index contributed by atoms with van der Waals surface area (Å²) < 4.78 is 25.8. The summed E-state index contributed by atoms with van der Waals surface area (Å²) in [4.78, 5) is 0. The van der Waals surface area contributed by atoms with E-state index in [0.29, 0.717) is 12.3 Å². The molecule has 0 aromatic heterocycles. The smallest absolute Gasteiger partial charge is 0.211 e. The highest BCUT2D eigenvalue weighted by Crippen LogP contribution is 2.12. The molecule has 1 saturated heterocycles. The standard InChI is InChI=1S/C9H20N2O2S.ClH/c1-3-6-14(12,13)11-9-7-10-5-4-8(9)2;/h8-11H,3-7H2,1-2H3;1H. The van der Waals surface area contributed by atoms with Crippen molar-refractivity contribution >= 4 is 22.4 Å². The molecule has 1 aliphatic rings. The molecule has 0 aliphatic carbocycles. The Kier molecular flexibility index (Phi) is 6.75. The lowest BCUT2D eigenvalue weighted by Gasteiger charge is -2.29. The maximum Gasteiger partial charge on any atom is 0.211 e.